The van der Waals surface area contributed by atoms with E-state index in [1.807, 2.05) is 51.1 Å². The van der Waals surface area contributed by atoms with Gasteiger partial charge in [0.1, 0.15) is 4.70 Å². The third-order valence-electron chi connectivity index (χ3n) is 5.26. The minimum Gasteiger partial charge on any atom is -0.394 e. The first-order valence-electron chi connectivity index (χ1n) is 11.1. The number of rotatable bonds is 7. The number of aromatic nitrogens is 3. The van der Waals surface area contributed by atoms with E-state index in [0.717, 1.165) is 5.56 Å². The molecule has 0 spiro atoms. The molecule has 2 amide bonds. The van der Waals surface area contributed by atoms with E-state index in [4.69, 9.17) is 11.6 Å². The molecule has 0 aliphatic heterocycles. The maximum absolute atomic E-state index is 13.2. The van der Waals surface area contributed by atoms with Gasteiger partial charge in [0.05, 0.1) is 18.2 Å². The van der Waals surface area contributed by atoms with Gasteiger partial charge in [-0.3, -0.25) is 14.9 Å². The molecule has 0 bridgehead atoms. The standard InChI is InChI=1S/C25H26ClN5O3S/c1-25(2,3)31-21-20(35-24(28-21)29-22(33)16-10-7-11-17(26)13-16)19(30-31)23(34)27-18(14-32)12-15-8-5-4-6-9-15/h4-11,13,18,32H,12,14H2,1-3H3,(H,27,34)(H,28,29,33)/t18-/m1/s1. The van der Waals surface area contributed by atoms with Crippen LogP contribution in [0.15, 0.2) is 54.6 Å². The Kier molecular flexibility index (Phi) is 7.20. The Balaban J connectivity index is 1.62. The second kappa shape index (κ2) is 10.2. The Bertz CT molecular complexity index is 1360. The van der Waals surface area contributed by atoms with Gasteiger partial charge in [-0.2, -0.15) is 10.1 Å². The molecule has 2 aromatic heterocycles. The van der Waals surface area contributed by atoms with Gasteiger partial charge in [0.15, 0.2) is 16.5 Å². The maximum atomic E-state index is 13.2. The largest absolute Gasteiger partial charge is 0.394 e. The number of benzene rings is 2. The van der Waals surface area contributed by atoms with Crippen molar-refractivity contribution in [2.45, 2.75) is 38.8 Å². The maximum Gasteiger partial charge on any atom is 0.273 e. The molecule has 10 heteroatoms. The molecule has 0 fully saturated rings. The number of amides is 2. The summed E-state index contributed by atoms with van der Waals surface area (Å²) in [7, 11) is 0. The van der Waals surface area contributed by atoms with Crippen molar-refractivity contribution in [2.75, 3.05) is 11.9 Å². The highest BCUT2D eigenvalue weighted by atomic mass is 35.5. The summed E-state index contributed by atoms with van der Waals surface area (Å²) in [5.41, 5.74) is 1.64. The van der Waals surface area contributed by atoms with Crippen LogP contribution in [0.4, 0.5) is 5.13 Å². The first-order chi connectivity index (χ1) is 16.7. The number of nitrogens with zero attached hydrogens (tertiary/aromatic N) is 3. The smallest absolute Gasteiger partial charge is 0.273 e. The van der Waals surface area contributed by atoms with Crippen molar-refractivity contribution >= 4 is 50.2 Å². The van der Waals surface area contributed by atoms with Gasteiger partial charge >= 0.3 is 0 Å². The van der Waals surface area contributed by atoms with Crippen LogP contribution < -0.4 is 10.6 Å². The molecule has 2 heterocycles. The summed E-state index contributed by atoms with van der Waals surface area (Å²) < 4.78 is 2.23. The lowest BCUT2D eigenvalue weighted by Crippen LogP contribution is -2.39. The molecule has 0 saturated carbocycles. The number of halogens is 1. The van der Waals surface area contributed by atoms with Crippen LogP contribution in [0, 0.1) is 0 Å². The van der Waals surface area contributed by atoms with Crippen LogP contribution in [0.25, 0.3) is 10.3 Å². The molecular formula is C25H26ClN5O3S. The SMILES string of the molecule is CC(C)(C)n1nc(C(=O)N[C@@H](CO)Cc2ccccc2)c2sc(NC(=O)c3cccc(Cl)c3)nc21. The van der Waals surface area contributed by atoms with E-state index in [2.05, 4.69) is 20.7 Å². The summed E-state index contributed by atoms with van der Waals surface area (Å²) in [5, 5.41) is 20.9. The summed E-state index contributed by atoms with van der Waals surface area (Å²) >= 11 is 7.18. The normalized spacial score (nSPS) is 12.5. The fraction of sp³-hybridized carbons (Fsp3) is 0.280. The van der Waals surface area contributed by atoms with Gasteiger partial charge in [0, 0.05) is 10.6 Å². The quantitative estimate of drug-likeness (QED) is 0.339. The average molecular weight is 512 g/mol. The number of carbonyl (C=O) groups is 2. The van der Waals surface area contributed by atoms with Crippen molar-refractivity contribution in [1.29, 1.82) is 0 Å². The number of hydrogen-bond donors (Lipinski definition) is 3. The topological polar surface area (TPSA) is 109 Å². The minimum atomic E-state index is -0.477. The van der Waals surface area contributed by atoms with E-state index in [-0.39, 0.29) is 18.2 Å². The van der Waals surface area contributed by atoms with Crippen molar-refractivity contribution in [3.05, 3.63) is 76.4 Å². The molecule has 4 rings (SSSR count). The van der Waals surface area contributed by atoms with Crippen molar-refractivity contribution in [3.8, 4) is 0 Å². The highest BCUT2D eigenvalue weighted by molar-refractivity contribution is 7.22. The number of nitrogens with one attached hydrogen (secondary N) is 2. The molecule has 3 N–H and O–H groups in total. The molecule has 0 saturated heterocycles. The highest BCUT2D eigenvalue weighted by Crippen LogP contribution is 2.32. The Morgan fingerprint density at radius 1 is 1.11 bits per heavy atom. The summed E-state index contributed by atoms with van der Waals surface area (Å²) in [4.78, 5) is 30.5. The van der Waals surface area contributed by atoms with E-state index in [1.165, 1.54) is 11.3 Å². The number of carbonyl (C=O) groups excluding carboxylic acids is 2. The van der Waals surface area contributed by atoms with Crippen molar-refractivity contribution in [3.63, 3.8) is 0 Å². The molecule has 2 aromatic carbocycles. The van der Waals surface area contributed by atoms with Crippen LogP contribution in [0.5, 0.6) is 0 Å². The molecule has 0 aliphatic carbocycles. The third kappa shape index (κ3) is 5.70. The zero-order chi connectivity index (χ0) is 25.2. The number of aliphatic hydroxyl groups excluding tert-OH is 1. The monoisotopic (exact) mass is 511 g/mol. The summed E-state index contributed by atoms with van der Waals surface area (Å²) in [6.45, 7) is 5.65. The fourth-order valence-corrected chi connectivity index (χ4v) is 4.70. The van der Waals surface area contributed by atoms with Gasteiger partial charge < -0.3 is 10.4 Å². The van der Waals surface area contributed by atoms with Gasteiger partial charge in [-0.1, -0.05) is 59.3 Å². The number of fused-ring (bicyclic) bond motifs is 1. The van der Waals surface area contributed by atoms with E-state index >= 15 is 0 Å². The van der Waals surface area contributed by atoms with Crippen LogP contribution in [0.2, 0.25) is 5.02 Å². The molecule has 35 heavy (non-hydrogen) atoms. The molecule has 1 atom stereocenters. The molecule has 0 radical (unpaired) electrons. The minimum absolute atomic E-state index is 0.196. The summed E-state index contributed by atoms with van der Waals surface area (Å²) in [6, 6.07) is 15.8. The van der Waals surface area contributed by atoms with Crippen LogP contribution >= 0.6 is 22.9 Å². The van der Waals surface area contributed by atoms with E-state index in [0.29, 0.717) is 32.5 Å². The van der Waals surface area contributed by atoms with Gasteiger partial charge in [0.2, 0.25) is 0 Å². The number of aliphatic hydroxyl groups is 1. The Labute approximate surface area is 211 Å². The fourth-order valence-electron chi connectivity index (χ4n) is 3.58. The van der Waals surface area contributed by atoms with Crippen LogP contribution in [-0.2, 0) is 12.0 Å². The van der Waals surface area contributed by atoms with Crippen molar-refractivity contribution in [1.82, 2.24) is 20.1 Å². The lowest BCUT2D eigenvalue weighted by atomic mass is 10.1. The third-order valence-corrected chi connectivity index (χ3v) is 6.47. The van der Waals surface area contributed by atoms with Gasteiger partial charge in [-0.25, -0.2) is 4.68 Å². The van der Waals surface area contributed by atoms with E-state index in [1.54, 1.807) is 28.9 Å². The predicted molar refractivity (Wildman–Crippen MR) is 138 cm³/mol. The predicted octanol–water partition coefficient (Wildman–Crippen LogP) is 4.49. The Morgan fingerprint density at radius 3 is 2.51 bits per heavy atom. The van der Waals surface area contributed by atoms with Gasteiger partial charge in [-0.15, -0.1) is 0 Å². The number of thiazole rings is 1. The lowest BCUT2D eigenvalue weighted by molar-refractivity contribution is 0.0911. The Hall–Kier alpha value is -3.27. The second-order valence-corrected chi connectivity index (χ2v) is 10.5. The molecular weight excluding hydrogens is 486 g/mol. The van der Waals surface area contributed by atoms with Gasteiger partial charge in [0.25, 0.3) is 11.8 Å². The van der Waals surface area contributed by atoms with E-state index in [9.17, 15) is 14.7 Å². The molecule has 8 nitrogen and oxygen atoms in total. The first kappa shape index (κ1) is 24.8. The number of anilines is 1. The second-order valence-electron chi connectivity index (χ2n) is 9.11. The highest BCUT2D eigenvalue weighted by Gasteiger charge is 2.28. The summed E-state index contributed by atoms with van der Waals surface area (Å²) in [6.07, 6.45) is 0.482. The molecule has 0 unspecified atom stereocenters. The van der Waals surface area contributed by atoms with Crippen LogP contribution in [0.3, 0.4) is 0 Å². The molecule has 182 valence electrons. The zero-order valence-corrected chi connectivity index (χ0v) is 21.2. The lowest BCUT2D eigenvalue weighted by Gasteiger charge is -2.19. The molecule has 4 aromatic rings. The Morgan fingerprint density at radius 2 is 1.86 bits per heavy atom. The van der Waals surface area contributed by atoms with Crippen LogP contribution in [0.1, 0.15) is 47.2 Å². The van der Waals surface area contributed by atoms with E-state index < -0.39 is 17.5 Å². The van der Waals surface area contributed by atoms with Crippen molar-refractivity contribution < 1.29 is 14.7 Å². The zero-order valence-electron chi connectivity index (χ0n) is 19.6. The van der Waals surface area contributed by atoms with Crippen molar-refractivity contribution in [2.24, 2.45) is 0 Å². The van der Waals surface area contributed by atoms with Gasteiger partial charge in [-0.05, 0) is 51.0 Å². The first-order valence-corrected chi connectivity index (χ1v) is 12.3. The number of hydrogen-bond acceptors (Lipinski definition) is 6. The molecule has 0 aliphatic rings. The average Bonchev–Trinajstić information content (AvgIpc) is 3.37. The summed E-state index contributed by atoms with van der Waals surface area (Å²) in [5.74, 6) is -0.766. The van der Waals surface area contributed by atoms with Crippen LogP contribution in [-0.4, -0.2) is 44.3 Å².